The van der Waals surface area contributed by atoms with E-state index in [4.69, 9.17) is 0 Å². The number of nitrogens with zero attached hydrogens (tertiary/aromatic N) is 2. The summed E-state index contributed by atoms with van der Waals surface area (Å²) in [5.74, 6) is 2.48. The summed E-state index contributed by atoms with van der Waals surface area (Å²) in [5, 5.41) is 6.85. The van der Waals surface area contributed by atoms with E-state index in [1.54, 1.807) is 6.33 Å². The third-order valence-corrected chi connectivity index (χ3v) is 3.32. The maximum Gasteiger partial charge on any atom is 0.131 e. The van der Waals surface area contributed by atoms with Gasteiger partial charge < -0.3 is 10.6 Å². The zero-order chi connectivity index (χ0) is 12.8. The lowest BCUT2D eigenvalue weighted by Gasteiger charge is -2.23. The third-order valence-electron chi connectivity index (χ3n) is 3.32. The van der Waals surface area contributed by atoms with Crippen LogP contribution in [0, 0.1) is 5.92 Å². The number of hydrogen-bond donors (Lipinski definition) is 2. The van der Waals surface area contributed by atoms with Crippen LogP contribution < -0.4 is 10.6 Å². The Hall–Kier alpha value is -1.32. The quantitative estimate of drug-likeness (QED) is 0.839. The Labute approximate surface area is 110 Å². The maximum absolute atomic E-state index is 4.30. The summed E-state index contributed by atoms with van der Waals surface area (Å²) in [6, 6.07) is 2.60. The molecule has 1 aromatic rings. The number of aromatic nitrogens is 2. The summed E-state index contributed by atoms with van der Waals surface area (Å²) in [6.07, 6.45) is 8.21. The van der Waals surface area contributed by atoms with Gasteiger partial charge in [-0.1, -0.05) is 33.1 Å². The molecule has 18 heavy (non-hydrogen) atoms. The van der Waals surface area contributed by atoms with E-state index in [1.165, 1.54) is 32.1 Å². The summed E-state index contributed by atoms with van der Waals surface area (Å²) in [5.41, 5.74) is 0. The molecule has 0 aliphatic heterocycles. The first-order valence-electron chi connectivity index (χ1n) is 7.06. The van der Waals surface area contributed by atoms with Crippen LogP contribution in [0.15, 0.2) is 12.4 Å². The first-order chi connectivity index (χ1) is 8.74. The lowest BCUT2D eigenvalue weighted by atomic mass is 9.95. The molecule has 0 unspecified atom stereocenters. The summed E-state index contributed by atoms with van der Waals surface area (Å²) in [7, 11) is 0. The van der Waals surface area contributed by atoms with E-state index >= 15 is 0 Å². The van der Waals surface area contributed by atoms with Crippen molar-refractivity contribution in [2.75, 3.05) is 17.2 Å². The van der Waals surface area contributed by atoms with Crippen LogP contribution in [-0.2, 0) is 0 Å². The Balaban J connectivity index is 1.89. The fourth-order valence-electron chi connectivity index (χ4n) is 2.30. The highest BCUT2D eigenvalue weighted by atomic mass is 15.1. The predicted molar refractivity (Wildman–Crippen MR) is 75.9 cm³/mol. The largest absolute Gasteiger partial charge is 0.370 e. The summed E-state index contributed by atoms with van der Waals surface area (Å²) < 4.78 is 0. The molecule has 100 valence electrons. The highest BCUT2D eigenvalue weighted by molar-refractivity contribution is 5.46. The molecule has 1 saturated carbocycles. The van der Waals surface area contributed by atoms with Crippen molar-refractivity contribution in [1.29, 1.82) is 0 Å². The van der Waals surface area contributed by atoms with E-state index in [9.17, 15) is 0 Å². The highest BCUT2D eigenvalue weighted by Crippen LogP contribution is 2.21. The normalized spacial score (nSPS) is 16.8. The highest BCUT2D eigenvalue weighted by Gasteiger charge is 2.13. The molecular formula is C14H24N4. The average Bonchev–Trinajstić information content (AvgIpc) is 2.38. The van der Waals surface area contributed by atoms with Gasteiger partial charge in [-0.25, -0.2) is 9.97 Å². The van der Waals surface area contributed by atoms with Crippen LogP contribution in [-0.4, -0.2) is 22.6 Å². The van der Waals surface area contributed by atoms with Crippen LogP contribution in [0.4, 0.5) is 11.6 Å². The minimum atomic E-state index is 0.589. The number of nitrogens with one attached hydrogen (secondary N) is 2. The van der Waals surface area contributed by atoms with Gasteiger partial charge in [-0.3, -0.25) is 0 Å². The van der Waals surface area contributed by atoms with Gasteiger partial charge in [0.05, 0.1) is 0 Å². The molecule has 4 heteroatoms. The van der Waals surface area contributed by atoms with Gasteiger partial charge in [0, 0.05) is 18.7 Å². The molecule has 0 bridgehead atoms. The Morgan fingerprint density at radius 1 is 1.17 bits per heavy atom. The molecule has 1 aromatic heterocycles. The topological polar surface area (TPSA) is 49.8 Å². The number of hydrogen-bond acceptors (Lipinski definition) is 4. The van der Waals surface area contributed by atoms with Gasteiger partial charge in [-0.2, -0.15) is 0 Å². The van der Waals surface area contributed by atoms with Crippen molar-refractivity contribution >= 4 is 11.6 Å². The monoisotopic (exact) mass is 248 g/mol. The van der Waals surface area contributed by atoms with Crippen LogP contribution in [0.2, 0.25) is 0 Å². The number of anilines is 2. The van der Waals surface area contributed by atoms with E-state index in [2.05, 4.69) is 34.4 Å². The predicted octanol–water partition coefficient (Wildman–Crippen LogP) is 3.29. The van der Waals surface area contributed by atoms with Crippen LogP contribution in [0.25, 0.3) is 0 Å². The van der Waals surface area contributed by atoms with Gasteiger partial charge in [0.1, 0.15) is 18.0 Å². The maximum atomic E-state index is 4.30. The van der Waals surface area contributed by atoms with Crippen molar-refractivity contribution in [3.63, 3.8) is 0 Å². The van der Waals surface area contributed by atoms with Gasteiger partial charge in [0.15, 0.2) is 0 Å². The Morgan fingerprint density at radius 2 is 1.89 bits per heavy atom. The molecule has 1 aliphatic carbocycles. The first kappa shape index (κ1) is 13.1. The fraction of sp³-hybridized carbons (Fsp3) is 0.714. The Morgan fingerprint density at radius 3 is 2.61 bits per heavy atom. The molecule has 1 fully saturated rings. The fourth-order valence-corrected chi connectivity index (χ4v) is 2.30. The van der Waals surface area contributed by atoms with E-state index in [-0.39, 0.29) is 0 Å². The lowest BCUT2D eigenvalue weighted by Crippen LogP contribution is -2.23. The summed E-state index contributed by atoms with van der Waals surface area (Å²) in [4.78, 5) is 8.54. The summed E-state index contributed by atoms with van der Waals surface area (Å²) >= 11 is 0. The van der Waals surface area contributed by atoms with Gasteiger partial charge in [-0.05, 0) is 18.8 Å². The van der Waals surface area contributed by atoms with Gasteiger partial charge in [-0.15, -0.1) is 0 Å². The van der Waals surface area contributed by atoms with Gasteiger partial charge >= 0.3 is 0 Å². The summed E-state index contributed by atoms with van der Waals surface area (Å²) in [6.45, 7) is 5.32. The smallest absolute Gasteiger partial charge is 0.131 e. The molecule has 4 nitrogen and oxygen atoms in total. The van der Waals surface area contributed by atoms with E-state index < -0.39 is 0 Å². The molecule has 2 N–H and O–H groups in total. The van der Waals surface area contributed by atoms with E-state index in [1.807, 2.05) is 6.07 Å². The molecule has 1 aliphatic rings. The molecule has 1 heterocycles. The third kappa shape index (κ3) is 4.17. The van der Waals surface area contributed by atoms with Crippen molar-refractivity contribution < 1.29 is 0 Å². The minimum absolute atomic E-state index is 0.589. The standard InChI is InChI=1S/C14H24N4/c1-11(2)9-15-13-8-14(17-10-16-13)18-12-6-4-3-5-7-12/h8,10-12H,3-7,9H2,1-2H3,(H2,15,16,17,18). The van der Waals surface area contributed by atoms with Crippen LogP contribution in [0.1, 0.15) is 46.0 Å². The van der Waals surface area contributed by atoms with Crippen LogP contribution in [0.3, 0.4) is 0 Å². The van der Waals surface area contributed by atoms with Crippen LogP contribution >= 0.6 is 0 Å². The van der Waals surface area contributed by atoms with Crippen molar-refractivity contribution in [2.45, 2.75) is 52.0 Å². The van der Waals surface area contributed by atoms with Crippen molar-refractivity contribution in [2.24, 2.45) is 5.92 Å². The second-order valence-electron chi connectivity index (χ2n) is 5.54. The van der Waals surface area contributed by atoms with Gasteiger partial charge in [0.25, 0.3) is 0 Å². The lowest BCUT2D eigenvalue weighted by molar-refractivity contribution is 0.462. The van der Waals surface area contributed by atoms with E-state index in [0.29, 0.717) is 12.0 Å². The molecular weight excluding hydrogens is 224 g/mol. The van der Waals surface area contributed by atoms with Crippen LogP contribution in [0.5, 0.6) is 0 Å². The SMILES string of the molecule is CC(C)CNc1cc(NC2CCCCC2)ncn1. The number of rotatable bonds is 5. The first-order valence-corrected chi connectivity index (χ1v) is 7.06. The zero-order valence-electron chi connectivity index (χ0n) is 11.4. The second-order valence-corrected chi connectivity index (χ2v) is 5.54. The molecule has 0 amide bonds. The van der Waals surface area contributed by atoms with Crippen molar-refractivity contribution in [3.8, 4) is 0 Å². The zero-order valence-corrected chi connectivity index (χ0v) is 11.4. The Bertz CT molecular complexity index is 359. The molecule has 0 radical (unpaired) electrons. The molecule has 0 spiro atoms. The van der Waals surface area contributed by atoms with Gasteiger partial charge in [0.2, 0.25) is 0 Å². The Kier molecular flexibility index (Phi) is 4.79. The molecule has 0 saturated heterocycles. The second kappa shape index (κ2) is 6.57. The minimum Gasteiger partial charge on any atom is -0.370 e. The average molecular weight is 248 g/mol. The van der Waals surface area contributed by atoms with Crippen molar-refractivity contribution in [1.82, 2.24) is 9.97 Å². The molecule has 2 rings (SSSR count). The van der Waals surface area contributed by atoms with Crippen molar-refractivity contribution in [3.05, 3.63) is 12.4 Å². The van der Waals surface area contributed by atoms with E-state index in [0.717, 1.165) is 18.2 Å². The molecule has 0 aromatic carbocycles. The molecule has 0 atom stereocenters.